The summed E-state index contributed by atoms with van der Waals surface area (Å²) in [6, 6.07) is 5.79. The van der Waals surface area contributed by atoms with E-state index in [9.17, 15) is 26.0 Å². The van der Waals surface area contributed by atoms with Gasteiger partial charge in [0.1, 0.15) is 16.4 Å². The highest BCUT2D eigenvalue weighted by Crippen LogP contribution is 2.41. The number of alkyl halides is 3. The van der Waals surface area contributed by atoms with Gasteiger partial charge in [0.2, 0.25) is 5.76 Å². The SMILES string of the molecule is Cc1sc(C)c(S(=O)(=O)Nc2ccccc2F)c1-c1cc(C(F)(F)F)on1. The van der Waals surface area contributed by atoms with Crippen molar-refractivity contribution in [1.82, 2.24) is 5.16 Å². The van der Waals surface area contributed by atoms with E-state index in [0.717, 1.165) is 17.4 Å². The van der Waals surface area contributed by atoms with Crippen LogP contribution in [0, 0.1) is 19.7 Å². The van der Waals surface area contributed by atoms with Gasteiger partial charge in [0.25, 0.3) is 10.0 Å². The Morgan fingerprint density at radius 3 is 2.41 bits per heavy atom. The van der Waals surface area contributed by atoms with Gasteiger partial charge < -0.3 is 4.52 Å². The number of halogens is 4. The lowest BCUT2D eigenvalue weighted by molar-refractivity contribution is -0.155. The Hall–Kier alpha value is -2.40. The van der Waals surface area contributed by atoms with Gasteiger partial charge in [-0.25, -0.2) is 12.8 Å². The van der Waals surface area contributed by atoms with Crippen LogP contribution in [0.2, 0.25) is 0 Å². The molecule has 2 aromatic heterocycles. The number of thiophene rings is 1. The van der Waals surface area contributed by atoms with Crippen LogP contribution in [0.3, 0.4) is 0 Å². The minimum Gasteiger partial charge on any atom is -0.351 e. The number of benzene rings is 1. The quantitative estimate of drug-likeness (QED) is 0.605. The first-order valence-corrected chi connectivity index (χ1v) is 9.72. The molecule has 0 radical (unpaired) electrons. The minimum atomic E-state index is -4.76. The number of hydrogen-bond acceptors (Lipinski definition) is 5. The normalized spacial score (nSPS) is 12.4. The topological polar surface area (TPSA) is 72.2 Å². The molecular weight excluding hydrogens is 408 g/mol. The van der Waals surface area contributed by atoms with Gasteiger partial charge in [-0.15, -0.1) is 11.3 Å². The van der Waals surface area contributed by atoms with Crippen molar-refractivity contribution in [2.24, 2.45) is 0 Å². The summed E-state index contributed by atoms with van der Waals surface area (Å²) in [5, 5.41) is 3.37. The van der Waals surface area contributed by atoms with Crippen molar-refractivity contribution in [3.05, 3.63) is 51.7 Å². The molecule has 0 bridgehead atoms. The minimum absolute atomic E-state index is 0.0133. The monoisotopic (exact) mass is 420 g/mol. The lowest BCUT2D eigenvalue weighted by atomic mass is 10.1. The zero-order valence-electron chi connectivity index (χ0n) is 13.9. The number of nitrogens with one attached hydrogen (secondary N) is 1. The molecule has 11 heteroatoms. The molecule has 144 valence electrons. The van der Waals surface area contributed by atoms with E-state index >= 15 is 0 Å². The molecule has 0 atom stereocenters. The Morgan fingerprint density at radius 1 is 1.15 bits per heavy atom. The third-order valence-electron chi connectivity index (χ3n) is 3.64. The van der Waals surface area contributed by atoms with Crippen LogP contribution in [0.4, 0.5) is 23.2 Å². The third kappa shape index (κ3) is 3.69. The molecule has 1 N–H and O–H groups in total. The first kappa shape index (κ1) is 19.4. The van der Waals surface area contributed by atoms with Crippen LogP contribution in [-0.2, 0) is 16.2 Å². The Kier molecular flexibility index (Phi) is 4.76. The van der Waals surface area contributed by atoms with Gasteiger partial charge in [-0.2, -0.15) is 13.2 Å². The highest BCUT2D eigenvalue weighted by molar-refractivity contribution is 7.93. The number of nitrogens with zero attached hydrogens (tertiary/aromatic N) is 1. The van der Waals surface area contributed by atoms with E-state index in [1.807, 2.05) is 0 Å². The van der Waals surface area contributed by atoms with Crippen molar-refractivity contribution in [1.29, 1.82) is 0 Å². The van der Waals surface area contributed by atoms with Crippen molar-refractivity contribution in [2.75, 3.05) is 4.72 Å². The summed E-state index contributed by atoms with van der Waals surface area (Å²) >= 11 is 1.07. The molecule has 0 aliphatic carbocycles. The van der Waals surface area contributed by atoms with Crippen molar-refractivity contribution in [3.8, 4) is 11.3 Å². The first-order valence-electron chi connectivity index (χ1n) is 7.42. The fourth-order valence-electron chi connectivity index (χ4n) is 2.55. The van der Waals surface area contributed by atoms with Crippen LogP contribution in [0.25, 0.3) is 11.3 Å². The van der Waals surface area contributed by atoms with Crippen molar-refractivity contribution >= 4 is 27.0 Å². The maximum Gasteiger partial charge on any atom is 0.452 e. The van der Waals surface area contributed by atoms with Crippen LogP contribution in [0.1, 0.15) is 15.5 Å². The van der Waals surface area contributed by atoms with E-state index in [0.29, 0.717) is 15.8 Å². The van der Waals surface area contributed by atoms with Gasteiger partial charge in [-0.3, -0.25) is 4.72 Å². The lowest BCUT2D eigenvalue weighted by Crippen LogP contribution is -2.15. The third-order valence-corrected chi connectivity index (χ3v) is 6.32. The standard InChI is InChI=1S/C16H12F4N2O3S2/c1-8-14(12-7-13(25-21-12)16(18,19)20)15(9(2)26-8)27(23,24)22-11-6-4-3-5-10(11)17/h3-7,22H,1-2H3. The summed E-state index contributed by atoms with van der Waals surface area (Å²) in [6.07, 6.45) is -4.76. The summed E-state index contributed by atoms with van der Waals surface area (Å²) in [5.74, 6) is -2.13. The van der Waals surface area contributed by atoms with E-state index in [1.165, 1.54) is 25.1 Å². The predicted molar refractivity (Wildman–Crippen MR) is 91.5 cm³/mol. The molecular formula is C16H12F4N2O3S2. The van der Waals surface area contributed by atoms with Gasteiger partial charge in [0.05, 0.1) is 5.69 Å². The molecule has 0 aliphatic rings. The van der Waals surface area contributed by atoms with Crippen molar-refractivity contribution < 1.29 is 30.5 Å². The van der Waals surface area contributed by atoms with Gasteiger partial charge in [-0.05, 0) is 26.0 Å². The van der Waals surface area contributed by atoms with Gasteiger partial charge >= 0.3 is 6.18 Å². The summed E-state index contributed by atoms with van der Waals surface area (Å²) in [5.41, 5.74) is -0.554. The number of anilines is 1. The fraction of sp³-hybridized carbons (Fsp3) is 0.188. The Labute approximate surface area is 155 Å². The fourth-order valence-corrected chi connectivity index (χ4v) is 5.49. The second-order valence-electron chi connectivity index (χ2n) is 5.58. The van der Waals surface area contributed by atoms with E-state index < -0.39 is 27.8 Å². The lowest BCUT2D eigenvalue weighted by Gasteiger charge is -2.10. The molecule has 0 unspecified atom stereocenters. The Balaban J connectivity index is 2.12. The molecule has 0 fully saturated rings. The zero-order valence-corrected chi connectivity index (χ0v) is 15.5. The number of para-hydroxylation sites is 1. The highest BCUT2D eigenvalue weighted by atomic mass is 32.2. The number of aryl methyl sites for hydroxylation is 2. The van der Waals surface area contributed by atoms with Crippen LogP contribution in [-0.4, -0.2) is 13.6 Å². The Bertz CT molecular complexity index is 1100. The molecule has 3 aromatic rings. The van der Waals surface area contributed by atoms with E-state index in [1.54, 1.807) is 6.92 Å². The molecule has 0 saturated heterocycles. The van der Waals surface area contributed by atoms with Crippen LogP contribution >= 0.6 is 11.3 Å². The van der Waals surface area contributed by atoms with Gasteiger partial charge in [0.15, 0.2) is 0 Å². The second kappa shape index (κ2) is 6.64. The number of sulfonamides is 1. The zero-order chi connectivity index (χ0) is 20.0. The van der Waals surface area contributed by atoms with Crippen molar-refractivity contribution in [3.63, 3.8) is 0 Å². The maximum atomic E-state index is 13.8. The molecule has 27 heavy (non-hydrogen) atoms. The van der Waals surface area contributed by atoms with Crippen LogP contribution < -0.4 is 4.72 Å². The van der Waals surface area contributed by atoms with E-state index in [-0.39, 0.29) is 21.8 Å². The summed E-state index contributed by atoms with van der Waals surface area (Å²) in [4.78, 5) is 0.488. The number of rotatable bonds is 4. The average Bonchev–Trinajstić information content (AvgIpc) is 3.13. The maximum absolute atomic E-state index is 13.8. The van der Waals surface area contributed by atoms with E-state index in [2.05, 4.69) is 14.4 Å². The van der Waals surface area contributed by atoms with E-state index in [4.69, 9.17) is 0 Å². The molecule has 2 heterocycles. The Morgan fingerprint density at radius 2 is 1.81 bits per heavy atom. The second-order valence-corrected chi connectivity index (χ2v) is 8.63. The predicted octanol–water partition coefficient (Wildman–Crippen LogP) is 4.98. The average molecular weight is 420 g/mol. The number of hydrogen-bond donors (Lipinski definition) is 1. The molecule has 3 rings (SSSR count). The largest absolute Gasteiger partial charge is 0.452 e. The molecule has 0 amide bonds. The summed E-state index contributed by atoms with van der Waals surface area (Å²) in [6.45, 7) is 3.05. The molecule has 0 saturated carbocycles. The first-order chi connectivity index (χ1) is 12.5. The molecule has 0 aliphatic heterocycles. The smallest absolute Gasteiger partial charge is 0.351 e. The van der Waals surface area contributed by atoms with Crippen molar-refractivity contribution in [2.45, 2.75) is 24.9 Å². The van der Waals surface area contributed by atoms with Gasteiger partial charge in [-0.1, -0.05) is 17.3 Å². The molecule has 5 nitrogen and oxygen atoms in total. The van der Waals surface area contributed by atoms with Crippen LogP contribution in [0.15, 0.2) is 39.8 Å². The molecule has 1 aromatic carbocycles. The molecule has 0 spiro atoms. The number of aromatic nitrogens is 1. The summed E-state index contributed by atoms with van der Waals surface area (Å²) < 4.78 is 84.3. The highest BCUT2D eigenvalue weighted by Gasteiger charge is 2.37. The summed E-state index contributed by atoms with van der Waals surface area (Å²) in [7, 11) is -4.29. The van der Waals surface area contributed by atoms with Gasteiger partial charge in [0, 0.05) is 21.4 Å². The van der Waals surface area contributed by atoms with Crippen LogP contribution in [0.5, 0.6) is 0 Å².